The van der Waals surface area contributed by atoms with Crippen molar-refractivity contribution in [3.05, 3.63) is 35.2 Å². The van der Waals surface area contributed by atoms with Gasteiger partial charge in [-0.05, 0) is 25.7 Å². The molecule has 0 spiro atoms. The number of nitrogens with zero attached hydrogens (tertiary/aromatic N) is 3. The Hall–Kier alpha value is -2.69. The maximum absolute atomic E-state index is 12.6. The molecular weight excluding hydrogens is 381 g/mol. The molecule has 2 aromatic heterocycles. The van der Waals surface area contributed by atoms with E-state index in [2.05, 4.69) is 20.4 Å². The summed E-state index contributed by atoms with van der Waals surface area (Å²) in [5.74, 6) is -0.361. The average Bonchev–Trinajstić information content (AvgIpc) is 3.39. The van der Waals surface area contributed by atoms with Gasteiger partial charge in [-0.1, -0.05) is 5.16 Å². The van der Waals surface area contributed by atoms with Gasteiger partial charge in [-0.2, -0.15) is 18.2 Å². The molecule has 0 aromatic carbocycles. The van der Waals surface area contributed by atoms with Crippen molar-refractivity contribution in [2.24, 2.45) is 0 Å². The second kappa shape index (κ2) is 7.38. The lowest BCUT2D eigenvalue weighted by atomic mass is 10.0. The fraction of sp³-hybridized carbons (Fsp3) is 0.529. The number of carbonyl (C=O) groups is 1. The van der Waals surface area contributed by atoms with E-state index in [0.29, 0.717) is 5.56 Å². The minimum absolute atomic E-state index is 0.0268. The molecule has 11 heteroatoms. The third-order valence-corrected chi connectivity index (χ3v) is 4.26. The molecule has 28 heavy (non-hydrogen) atoms. The SMILES string of the molecule is Cc1nc([C@@](C)(CO)NC(=O)c2cc(OCC(F)(F)F)c(C3CC3)cn2)no1. The summed E-state index contributed by atoms with van der Waals surface area (Å²) in [5, 5.41) is 15.9. The van der Waals surface area contributed by atoms with Gasteiger partial charge >= 0.3 is 6.18 Å². The summed E-state index contributed by atoms with van der Waals surface area (Å²) in [6.07, 6.45) is -1.49. The number of carbonyl (C=O) groups excluding carboxylic acids is 1. The van der Waals surface area contributed by atoms with E-state index in [0.717, 1.165) is 12.8 Å². The molecule has 1 aliphatic rings. The van der Waals surface area contributed by atoms with E-state index in [1.54, 1.807) is 6.92 Å². The van der Waals surface area contributed by atoms with Crippen LogP contribution in [0.15, 0.2) is 16.8 Å². The van der Waals surface area contributed by atoms with Crippen LogP contribution in [-0.4, -0.2) is 45.5 Å². The van der Waals surface area contributed by atoms with Gasteiger partial charge in [-0.25, -0.2) is 0 Å². The summed E-state index contributed by atoms with van der Waals surface area (Å²) in [5.41, 5.74) is -0.973. The zero-order valence-corrected chi connectivity index (χ0v) is 15.2. The summed E-state index contributed by atoms with van der Waals surface area (Å²) in [6, 6.07) is 1.17. The molecule has 2 N–H and O–H groups in total. The Balaban J connectivity index is 1.82. The molecule has 1 aliphatic carbocycles. The zero-order chi connectivity index (χ0) is 20.5. The highest BCUT2D eigenvalue weighted by Gasteiger charge is 2.35. The average molecular weight is 400 g/mol. The van der Waals surface area contributed by atoms with Crippen LogP contribution in [0, 0.1) is 6.92 Å². The molecular formula is C17H19F3N4O4. The highest BCUT2D eigenvalue weighted by atomic mass is 19.4. The Labute approximate surface area is 158 Å². The standard InChI is InChI=1S/C17H19F3N4O4/c1-9-22-15(24-28-9)16(2,7-25)23-14(26)12-5-13(27-8-17(18,19)20)11(6-21-12)10-3-4-10/h5-6,10,25H,3-4,7-8H2,1-2H3,(H,23,26)/t16-/m1/s1. The third kappa shape index (κ3) is 4.58. The number of pyridine rings is 1. The van der Waals surface area contributed by atoms with E-state index in [1.807, 2.05) is 0 Å². The Bertz CT molecular complexity index is 866. The molecule has 1 saturated carbocycles. The topological polar surface area (TPSA) is 110 Å². The van der Waals surface area contributed by atoms with E-state index in [-0.39, 0.29) is 29.1 Å². The molecule has 1 amide bonds. The van der Waals surface area contributed by atoms with Gasteiger partial charge in [0.15, 0.2) is 12.4 Å². The van der Waals surface area contributed by atoms with Crippen LogP contribution in [0.5, 0.6) is 5.75 Å². The molecule has 0 bridgehead atoms. The van der Waals surface area contributed by atoms with Crippen molar-refractivity contribution in [2.75, 3.05) is 13.2 Å². The largest absolute Gasteiger partial charge is 0.484 e. The van der Waals surface area contributed by atoms with Crippen LogP contribution >= 0.6 is 0 Å². The molecule has 0 unspecified atom stereocenters. The van der Waals surface area contributed by atoms with Crippen molar-refractivity contribution in [2.45, 2.75) is 44.3 Å². The Morgan fingerprint density at radius 1 is 1.43 bits per heavy atom. The van der Waals surface area contributed by atoms with Crippen LogP contribution in [-0.2, 0) is 5.54 Å². The zero-order valence-electron chi connectivity index (χ0n) is 15.2. The smallest absolute Gasteiger partial charge is 0.422 e. The molecule has 1 atom stereocenters. The van der Waals surface area contributed by atoms with E-state index < -0.39 is 30.8 Å². The van der Waals surface area contributed by atoms with Crippen LogP contribution in [0.4, 0.5) is 13.2 Å². The van der Waals surface area contributed by atoms with Crippen molar-refractivity contribution >= 4 is 5.91 Å². The molecule has 0 saturated heterocycles. The van der Waals surface area contributed by atoms with Gasteiger partial charge in [0.1, 0.15) is 17.0 Å². The number of alkyl halides is 3. The number of aliphatic hydroxyl groups is 1. The van der Waals surface area contributed by atoms with Crippen LogP contribution in [0.2, 0.25) is 0 Å². The second-order valence-electron chi connectivity index (χ2n) is 6.87. The first kappa shape index (κ1) is 20.1. The van der Waals surface area contributed by atoms with E-state index in [1.165, 1.54) is 19.2 Å². The molecule has 0 aliphatic heterocycles. The normalized spacial score (nSPS) is 16.5. The van der Waals surface area contributed by atoms with Crippen molar-refractivity contribution in [3.63, 3.8) is 0 Å². The van der Waals surface area contributed by atoms with Crippen LogP contribution in [0.25, 0.3) is 0 Å². The number of ether oxygens (including phenoxy) is 1. The second-order valence-corrected chi connectivity index (χ2v) is 6.87. The fourth-order valence-corrected chi connectivity index (χ4v) is 2.56. The minimum atomic E-state index is -4.50. The molecule has 152 valence electrons. The number of amides is 1. The maximum Gasteiger partial charge on any atom is 0.422 e. The number of aliphatic hydroxyl groups excluding tert-OH is 1. The van der Waals surface area contributed by atoms with Gasteiger partial charge in [0.05, 0.1) is 6.61 Å². The molecule has 2 aromatic rings. The van der Waals surface area contributed by atoms with E-state index >= 15 is 0 Å². The van der Waals surface area contributed by atoms with Crippen molar-refractivity contribution in [3.8, 4) is 5.75 Å². The Kier molecular flexibility index (Phi) is 5.28. The van der Waals surface area contributed by atoms with Gasteiger partial charge in [0.2, 0.25) is 5.89 Å². The number of halogens is 3. The van der Waals surface area contributed by atoms with Crippen LogP contribution in [0.3, 0.4) is 0 Å². The Morgan fingerprint density at radius 3 is 2.68 bits per heavy atom. The van der Waals surface area contributed by atoms with Gasteiger partial charge in [0.25, 0.3) is 5.91 Å². The highest BCUT2D eigenvalue weighted by Crippen LogP contribution is 2.44. The molecule has 0 radical (unpaired) electrons. The molecule has 8 nitrogen and oxygen atoms in total. The number of aromatic nitrogens is 3. The summed E-state index contributed by atoms with van der Waals surface area (Å²) >= 11 is 0. The Morgan fingerprint density at radius 2 is 2.14 bits per heavy atom. The van der Waals surface area contributed by atoms with Crippen LogP contribution in [0.1, 0.15) is 53.5 Å². The number of hydrogen-bond acceptors (Lipinski definition) is 7. The van der Waals surface area contributed by atoms with Crippen molar-refractivity contribution < 1.29 is 32.3 Å². The maximum atomic E-state index is 12.6. The monoisotopic (exact) mass is 400 g/mol. The lowest BCUT2D eigenvalue weighted by molar-refractivity contribution is -0.153. The van der Waals surface area contributed by atoms with Crippen LogP contribution < -0.4 is 10.1 Å². The highest BCUT2D eigenvalue weighted by molar-refractivity contribution is 5.93. The lowest BCUT2D eigenvalue weighted by Gasteiger charge is -2.25. The number of rotatable bonds is 7. The number of hydrogen-bond donors (Lipinski definition) is 2. The van der Waals surface area contributed by atoms with Gasteiger partial charge in [-0.15, -0.1) is 0 Å². The minimum Gasteiger partial charge on any atom is -0.484 e. The summed E-state index contributed by atoms with van der Waals surface area (Å²) < 4.78 is 47.4. The van der Waals surface area contributed by atoms with E-state index in [4.69, 9.17) is 9.26 Å². The van der Waals surface area contributed by atoms with E-state index in [9.17, 15) is 23.1 Å². The quantitative estimate of drug-likeness (QED) is 0.733. The van der Waals surface area contributed by atoms with Gasteiger partial charge in [-0.3, -0.25) is 9.78 Å². The summed E-state index contributed by atoms with van der Waals surface area (Å²) in [7, 11) is 0. The first-order chi connectivity index (χ1) is 13.1. The number of nitrogens with one attached hydrogen (secondary N) is 1. The number of aryl methyl sites for hydroxylation is 1. The predicted molar refractivity (Wildman–Crippen MR) is 88.7 cm³/mol. The first-order valence-corrected chi connectivity index (χ1v) is 8.55. The summed E-state index contributed by atoms with van der Waals surface area (Å²) in [4.78, 5) is 20.6. The predicted octanol–water partition coefficient (Wildman–Crippen LogP) is 2.23. The molecule has 1 fully saturated rings. The van der Waals surface area contributed by atoms with Crippen molar-refractivity contribution in [1.82, 2.24) is 20.4 Å². The molecule has 3 rings (SSSR count). The molecule has 2 heterocycles. The third-order valence-electron chi connectivity index (χ3n) is 4.26. The van der Waals surface area contributed by atoms with Crippen molar-refractivity contribution in [1.29, 1.82) is 0 Å². The van der Waals surface area contributed by atoms with Gasteiger partial charge < -0.3 is 19.7 Å². The summed E-state index contributed by atoms with van der Waals surface area (Å²) in [6.45, 7) is 1.04. The van der Waals surface area contributed by atoms with Gasteiger partial charge in [0, 0.05) is 24.8 Å². The fourth-order valence-electron chi connectivity index (χ4n) is 2.56. The lowest BCUT2D eigenvalue weighted by Crippen LogP contribution is -2.47. The first-order valence-electron chi connectivity index (χ1n) is 8.55.